The Labute approximate surface area is 259 Å². The molecule has 1 saturated heterocycles. The molecule has 0 radical (unpaired) electrons. The van der Waals surface area contributed by atoms with Crippen LogP contribution in [0.15, 0.2) is 88.3 Å². The first-order valence-electron chi connectivity index (χ1n) is 14.4. The van der Waals surface area contributed by atoms with E-state index in [9.17, 15) is 14.4 Å². The average Bonchev–Trinajstić information content (AvgIpc) is 3.73. The van der Waals surface area contributed by atoms with Crippen molar-refractivity contribution in [3.63, 3.8) is 0 Å². The lowest BCUT2D eigenvalue weighted by molar-refractivity contribution is -0.140. The molecule has 3 heterocycles. The molecule has 2 amide bonds. The zero-order valence-corrected chi connectivity index (χ0v) is 24.7. The van der Waals surface area contributed by atoms with Crippen LogP contribution in [0.1, 0.15) is 29.5 Å². The number of carbonyl (C=O) groups is 2. The summed E-state index contributed by atoms with van der Waals surface area (Å²) in [5, 5.41) is 0.730. The molecular formula is C34H31ClN2O7. The van der Waals surface area contributed by atoms with Crippen LogP contribution >= 0.6 is 11.6 Å². The highest BCUT2D eigenvalue weighted by Crippen LogP contribution is 2.33. The van der Waals surface area contributed by atoms with Gasteiger partial charge in [0.25, 0.3) is 0 Å². The van der Waals surface area contributed by atoms with Gasteiger partial charge < -0.3 is 28.4 Å². The summed E-state index contributed by atoms with van der Waals surface area (Å²) < 4.78 is 22.5. The van der Waals surface area contributed by atoms with E-state index in [0.29, 0.717) is 34.1 Å². The minimum absolute atomic E-state index is 0.0418. The largest absolute Gasteiger partial charge is 0.464 e. The molecule has 0 spiro atoms. The number of carbonyl (C=O) groups excluding carboxylic acids is 2. The van der Waals surface area contributed by atoms with Crippen LogP contribution in [-0.4, -0.2) is 54.2 Å². The monoisotopic (exact) mass is 614 g/mol. The van der Waals surface area contributed by atoms with Crippen molar-refractivity contribution in [3.8, 4) is 11.5 Å². The number of hydrogen-bond acceptors (Lipinski definition) is 7. The zero-order valence-electron chi connectivity index (χ0n) is 23.9. The van der Waals surface area contributed by atoms with E-state index in [0.717, 1.165) is 24.0 Å². The predicted octanol–water partition coefficient (Wildman–Crippen LogP) is 5.42. The van der Waals surface area contributed by atoms with E-state index in [2.05, 4.69) is 0 Å². The standard InChI is InChI=1S/C34H31ClN2O7/c35-26-10-12-29-28(16-26)34(40)25(21-42-29)18-36(17-24-8-11-30-31(15-24)44-22-43-30)33(39)20-37(19-27-7-4-14-41-27)32(38)13-9-23-5-2-1-3-6-23/h1-3,5-6,8-13,15-16,21,27H,4,7,14,17-20,22H2/b13-9+. The first-order chi connectivity index (χ1) is 21.4. The van der Waals surface area contributed by atoms with Crippen LogP contribution < -0.4 is 14.9 Å². The number of amides is 2. The van der Waals surface area contributed by atoms with Gasteiger partial charge in [-0.15, -0.1) is 0 Å². The van der Waals surface area contributed by atoms with Gasteiger partial charge in [-0.05, 0) is 60.4 Å². The van der Waals surface area contributed by atoms with Crippen molar-refractivity contribution in [1.82, 2.24) is 9.80 Å². The predicted molar refractivity (Wildman–Crippen MR) is 165 cm³/mol. The van der Waals surface area contributed by atoms with E-state index in [1.807, 2.05) is 42.5 Å². The van der Waals surface area contributed by atoms with Gasteiger partial charge in [0.2, 0.25) is 18.6 Å². The molecule has 4 aromatic rings. The average molecular weight is 615 g/mol. The highest BCUT2D eigenvalue weighted by Gasteiger charge is 2.27. The third-order valence-corrected chi connectivity index (χ3v) is 7.87. The minimum atomic E-state index is -0.340. The second-order valence-corrected chi connectivity index (χ2v) is 11.2. The molecule has 2 aliphatic heterocycles. The Balaban J connectivity index is 1.28. The topological polar surface area (TPSA) is 98.5 Å². The van der Waals surface area contributed by atoms with Gasteiger partial charge in [0.1, 0.15) is 12.1 Å². The Morgan fingerprint density at radius 2 is 1.80 bits per heavy atom. The molecule has 1 fully saturated rings. The summed E-state index contributed by atoms with van der Waals surface area (Å²) in [6.45, 7) is 0.937. The number of nitrogens with zero attached hydrogens (tertiary/aromatic N) is 2. The van der Waals surface area contributed by atoms with Crippen molar-refractivity contribution in [2.45, 2.75) is 32.0 Å². The second kappa shape index (κ2) is 13.4. The SMILES string of the molecule is O=C(/C=C/c1ccccc1)N(CC(=O)N(Cc1ccc2c(c1)OCO2)Cc1coc2ccc(Cl)cc2c1=O)CC1CCCO1. The number of hydrogen-bond donors (Lipinski definition) is 0. The van der Waals surface area contributed by atoms with Crippen LogP contribution in [0.5, 0.6) is 11.5 Å². The highest BCUT2D eigenvalue weighted by atomic mass is 35.5. The fourth-order valence-electron chi connectivity index (χ4n) is 5.32. The van der Waals surface area contributed by atoms with Crippen LogP contribution in [0, 0.1) is 0 Å². The molecule has 1 aromatic heterocycles. The molecule has 0 aliphatic carbocycles. The number of halogens is 1. The molecule has 1 unspecified atom stereocenters. The quantitative estimate of drug-likeness (QED) is 0.220. The summed E-state index contributed by atoms with van der Waals surface area (Å²) in [7, 11) is 0. The highest BCUT2D eigenvalue weighted by molar-refractivity contribution is 6.31. The summed E-state index contributed by atoms with van der Waals surface area (Å²) in [6, 6.07) is 19.8. The van der Waals surface area contributed by atoms with Crippen molar-refractivity contribution in [1.29, 1.82) is 0 Å². The van der Waals surface area contributed by atoms with Gasteiger partial charge in [-0.1, -0.05) is 48.0 Å². The molecule has 9 nitrogen and oxygen atoms in total. The number of ether oxygens (including phenoxy) is 3. The Bertz CT molecular complexity index is 1750. The van der Waals surface area contributed by atoms with Crippen molar-refractivity contribution in [2.24, 2.45) is 0 Å². The third-order valence-electron chi connectivity index (χ3n) is 7.63. The molecule has 0 bridgehead atoms. The summed E-state index contributed by atoms with van der Waals surface area (Å²) in [5.41, 5.74) is 2.05. The van der Waals surface area contributed by atoms with Gasteiger partial charge in [-0.25, -0.2) is 0 Å². The molecule has 2 aliphatic rings. The lowest BCUT2D eigenvalue weighted by Gasteiger charge is -2.28. The van der Waals surface area contributed by atoms with E-state index in [1.54, 1.807) is 30.3 Å². The smallest absolute Gasteiger partial charge is 0.247 e. The van der Waals surface area contributed by atoms with E-state index in [-0.39, 0.29) is 61.9 Å². The molecule has 226 valence electrons. The molecule has 10 heteroatoms. The van der Waals surface area contributed by atoms with E-state index < -0.39 is 0 Å². The molecule has 0 saturated carbocycles. The van der Waals surface area contributed by atoms with Crippen LogP contribution in [-0.2, 0) is 27.4 Å². The third kappa shape index (κ3) is 6.96. The Morgan fingerprint density at radius 1 is 0.955 bits per heavy atom. The maximum absolute atomic E-state index is 14.0. The van der Waals surface area contributed by atoms with Gasteiger partial charge in [-0.3, -0.25) is 14.4 Å². The summed E-state index contributed by atoms with van der Waals surface area (Å²) >= 11 is 6.15. The first-order valence-corrected chi connectivity index (χ1v) is 14.8. The van der Waals surface area contributed by atoms with E-state index in [1.165, 1.54) is 22.1 Å². The lowest BCUT2D eigenvalue weighted by Crippen LogP contribution is -2.45. The Kier molecular flexibility index (Phi) is 8.95. The van der Waals surface area contributed by atoms with Gasteiger partial charge in [0, 0.05) is 30.8 Å². The summed E-state index contributed by atoms with van der Waals surface area (Å²) in [4.78, 5) is 44.0. The van der Waals surface area contributed by atoms with E-state index >= 15 is 0 Å². The molecular weight excluding hydrogens is 584 g/mol. The van der Waals surface area contributed by atoms with Crippen LogP contribution in [0.4, 0.5) is 0 Å². The number of fused-ring (bicyclic) bond motifs is 2. The molecule has 44 heavy (non-hydrogen) atoms. The van der Waals surface area contributed by atoms with E-state index in [4.69, 9.17) is 30.2 Å². The second-order valence-electron chi connectivity index (χ2n) is 10.8. The number of benzene rings is 3. The van der Waals surface area contributed by atoms with Gasteiger partial charge in [0.15, 0.2) is 16.9 Å². The molecule has 3 aromatic carbocycles. The van der Waals surface area contributed by atoms with Crippen LogP contribution in [0.2, 0.25) is 5.02 Å². The number of rotatable bonds is 10. The minimum Gasteiger partial charge on any atom is -0.464 e. The van der Waals surface area contributed by atoms with Gasteiger partial charge in [-0.2, -0.15) is 0 Å². The molecule has 1 atom stereocenters. The first kappa shape index (κ1) is 29.5. The van der Waals surface area contributed by atoms with Gasteiger partial charge in [0.05, 0.1) is 29.9 Å². The van der Waals surface area contributed by atoms with Crippen molar-refractivity contribution >= 4 is 40.5 Å². The summed E-state index contributed by atoms with van der Waals surface area (Å²) in [5.74, 6) is 0.557. The Hall–Kier alpha value is -4.60. The molecule has 6 rings (SSSR count). The van der Waals surface area contributed by atoms with Crippen molar-refractivity contribution in [2.75, 3.05) is 26.5 Å². The normalized spacial score (nSPS) is 15.6. The van der Waals surface area contributed by atoms with Crippen LogP contribution in [0.25, 0.3) is 17.0 Å². The molecule has 0 N–H and O–H groups in total. The summed E-state index contributed by atoms with van der Waals surface area (Å²) in [6.07, 6.45) is 6.13. The van der Waals surface area contributed by atoms with Gasteiger partial charge >= 0.3 is 0 Å². The van der Waals surface area contributed by atoms with Crippen molar-refractivity contribution < 1.29 is 28.2 Å². The maximum atomic E-state index is 14.0. The fourth-order valence-corrected chi connectivity index (χ4v) is 5.49. The fraction of sp³-hybridized carbons (Fsp3) is 0.265. The Morgan fingerprint density at radius 3 is 2.61 bits per heavy atom. The van der Waals surface area contributed by atoms with Crippen LogP contribution in [0.3, 0.4) is 0 Å². The van der Waals surface area contributed by atoms with Crippen molar-refractivity contribution in [3.05, 3.63) is 111 Å². The zero-order chi connectivity index (χ0) is 30.5. The maximum Gasteiger partial charge on any atom is 0.247 e. The lowest BCUT2D eigenvalue weighted by atomic mass is 10.1.